The third kappa shape index (κ3) is 9.08. The molecule has 0 amide bonds. The van der Waals surface area contributed by atoms with Gasteiger partial charge in [0.1, 0.15) is 0 Å². The predicted octanol–water partition coefficient (Wildman–Crippen LogP) is 1.04. The van der Waals surface area contributed by atoms with E-state index in [0.717, 1.165) is 12.1 Å². The maximum Gasteiger partial charge on any atom is 0.238 e. The van der Waals surface area contributed by atoms with Gasteiger partial charge in [-0.15, -0.1) is 24.0 Å². The summed E-state index contributed by atoms with van der Waals surface area (Å²) >= 11 is 0. The maximum absolute atomic E-state index is 11.2. The number of aliphatic imine (C=N–C) groups is 1. The molecule has 0 radical (unpaired) electrons. The number of benzene rings is 1. The molecule has 0 atom stereocenters. The number of halogens is 1. The fourth-order valence-corrected chi connectivity index (χ4v) is 2.20. The molecule has 0 fully saturated rings. The van der Waals surface area contributed by atoms with Gasteiger partial charge < -0.3 is 15.4 Å². The average Bonchev–Trinajstić information content (AvgIpc) is 2.48. The topological polar surface area (TPSA) is 106 Å². The molecule has 0 saturated carbocycles. The predicted molar refractivity (Wildman–Crippen MR) is 103 cm³/mol. The maximum atomic E-state index is 11.2. The molecule has 7 nitrogen and oxygen atoms in total. The summed E-state index contributed by atoms with van der Waals surface area (Å²) in [6.45, 7) is 7.10. The third-order valence-corrected chi connectivity index (χ3v) is 3.69. The van der Waals surface area contributed by atoms with Crippen LogP contribution in [-0.4, -0.2) is 40.7 Å². The Kier molecular flexibility index (Phi) is 11.1. The molecule has 0 unspecified atom stereocenters. The minimum Gasteiger partial charge on any atom is -0.380 e. The number of nitrogens with two attached hydrogens (primary N) is 1. The van der Waals surface area contributed by atoms with E-state index in [2.05, 4.69) is 15.6 Å². The van der Waals surface area contributed by atoms with E-state index < -0.39 is 10.0 Å². The van der Waals surface area contributed by atoms with Crippen molar-refractivity contribution in [1.82, 2.24) is 10.6 Å². The van der Waals surface area contributed by atoms with Crippen molar-refractivity contribution in [3.05, 3.63) is 29.8 Å². The molecule has 0 bridgehead atoms. The molecular weight excluding hydrogens is 431 g/mol. The number of nitrogens with one attached hydrogen (secondary N) is 2. The lowest BCUT2D eigenvalue weighted by molar-refractivity contribution is 0.152. The smallest absolute Gasteiger partial charge is 0.238 e. The standard InChI is InChI=1S/C14H24N4O3S.HI/c1-3-16-14(17-9-10-21-4-2)18-11-12-5-7-13(8-6-12)22(15,19)20;/h5-8H,3-4,9-11H2,1-2H3,(H2,15,19,20)(H2,16,17,18);1H. The van der Waals surface area contributed by atoms with Crippen LogP contribution in [0.3, 0.4) is 0 Å². The molecule has 9 heteroatoms. The molecule has 0 aromatic heterocycles. The number of sulfonamides is 1. The third-order valence-electron chi connectivity index (χ3n) is 2.76. The highest BCUT2D eigenvalue weighted by molar-refractivity contribution is 14.0. The van der Waals surface area contributed by atoms with E-state index in [1.165, 1.54) is 12.1 Å². The summed E-state index contributed by atoms with van der Waals surface area (Å²) < 4.78 is 27.6. The minimum absolute atomic E-state index is 0. The molecule has 0 saturated heterocycles. The highest BCUT2D eigenvalue weighted by Gasteiger charge is 2.06. The van der Waals surface area contributed by atoms with Crippen LogP contribution in [0.5, 0.6) is 0 Å². The van der Waals surface area contributed by atoms with Crippen molar-refractivity contribution in [3.63, 3.8) is 0 Å². The first kappa shape index (κ1) is 22.1. The van der Waals surface area contributed by atoms with Gasteiger partial charge in [-0.25, -0.2) is 18.5 Å². The number of ether oxygens (including phenoxy) is 1. The molecule has 0 aliphatic rings. The van der Waals surface area contributed by atoms with E-state index in [4.69, 9.17) is 9.88 Å². The van der Waals surface area contributed by atoms with Gasteiger partial charge in [-0.1, -0.05) is 12.1 Å². The fourth-order valence-electron chi connectivity index (χ4n) is 1.68. The second-order valence-electron chi connectivity index (χ2n) is 4.51. The quantitative estimate of drug-likeness (QED) is 0.235. The molecule has 0 aliphatic heterocycles. The van der Waals surface area contributed by atoms with E-state index in [1.54, 1.807) is 12.1 Å². The highest BCUT2D eigenvalue weighted by atomic mass is 127. The molecule has 132 valence electrons. The monoisotopic (exact) mass is 456 g/mol. The van der Waals surface area contributed by atoms with Crippen molar-refractivity contribution >= 4 is 40.0 Å². The summed E-state index contributed by atoms with van der Waals surface area (Å²) in [4.78, 5) is 4.53. The van der Waals surface area contributed by atoms with Gasteiger partial charge in [0.25, 0.3) is 0 Å². The van der Waals surface area contributed by atoms with Crippen molar-refractivity contribution < 1.29 is 13.2 Å². The molecule has 0 aliphatic carbocycles. The van der Waals surface area contributed by atoms with E-state index >= 15 is 0 Å². The number of primary sulfonamides is 1. The van der Waals surface area contributed by atoms with E-state index in [9.17, 15) is 8.42 Å². The van der Waals surface area contributed by atoms with Gasteiger partial charge in [-0.05, 0) is 31.5 Å². The normalized spacial score (nSPS) is 11.7. The molecule has 0 spiro atoms. The van der Waals surface area contributed by atoms with Gasteiger partial charge >= 0.3 is 0 Å². The van der Waals surface area contributed by atoms with Crippen LogP contribution in [0.25, 0.3) is 0 Å². The lowest BCUT2D eigenvalue weighted by Gasteiger charge is -2.11. The van der Waals surface area contributed by atoms with Crippen molar-refractivity contribution in [3.8, 4) is 0 Å². The lowest BCUT2D eigenvalue weighted by atomic mass is 10.2. The number of hydrogen-bond donors (Lipinski definition) is 3. The Labute approximate surface area is 155 Å². The Morgan fingerprint density at radius 1 is 1.22 bits per heavy atom. The summed E-state index contributed by atoms with van der Waals surface area (Å²) in [6.07, 6.45) is 0. The first-order chi connectivity index (χ1) is 10.5. The van der Waals surface area contributed by atoms with Gasteiger partial charge in [-0.2, -0.15) is 0 Å². The zero-order valence-electron chi connectivity index (χ0n) is 13.4. The Morgan fingerprint density at radius 3 is 2.39 bits per heavy atom. The molecule has 23 heavy (non-hydrogen) atoms. The summed E-state index contributed by atoms with van der Waals surface area (Å²) in [5.41, 5.74) is 0.898. The Balaban J connectivity index is 0.00000484. The van der Waals surface area contributed by atoms with Crippen LogP contribution in [0.4, 0.5) is 0 Å². The van der Waals surface area contributed by atoms with Crippen LogP contribution in [0.15, 0.2) is 34.2 Å². The van der Waals surface area contributed by atoms with Gasteiger partial charge in [0, 0.05) is 19.7 Å². The van der Waals surface area contributed by atoms with Crippen molar-refractivity contribution in [2.75, 3.05) is 26.3 Å². The Morgan fingerprint density at radius 2 is 1.87 bits per heavy atom. The summed E-state index contributed by atoms with van der Waals surface area (Å²) in [5, 5.41) is 11.4. The fraction of sp³-hybridized carbons (Fsp3) is 0.500. The van der Waals surface area contributed by atoms with E-state index in [1.807, 2.05) is 13.8 Å². The molecule has 0 heterocycles. The zero-order chi connectivity index (χ0) is 16.4. The average molecular weight is 456 g/mol. The van der Waals surface area contributed by atoms with E-state index in [-0.39, 0.29) is 28.9 Å². The van der Waals surface area contributed by atoms with Crippen LogP contribution in [-0.2, 0) is 21.3 Å². The second kappa shape index (κ2) is 11.6. The molecule has 4 N–H and O–H groups in total. The van der Waals surface area contributed by atoms with Gasteiger partial charge in [0.2, 0.25) is 10.0 Å². The molecule has 1 aromatic rings. The van der Waals surface area contributed by atoms with Crippen LogP contribution in [0.1, 0.15) is 19.4 Å². The van der Waals surface area contributed by atoms with Crippen molar-refractivity contribution in [1.29, 1.82) is 0 Å². The summed E-state index contributed by atoms with van der Waals surface area (Å²) in [5.74, 6) is 0.692. The Bertz CT molecular complexity index is 576. The van der Waals surface area contributed by atoms with Gasteiger partial charge in [-0.3, -0.25) is 0 Å². The van der Waals surface area contributed by atoms with Gasteiger partial charge in [0.05, 0.1) is 18.0 Å². The molecule has 1 rings (SSSR count). The minimum atomic E-state index is -3.65. The number of rotatable bonds is 8. The highest BCUT2D eigenvalue weighted by Crippen LogP contribution is 2.09. The van der Waals surface area contributed by atoms with Crippen LogP contribution >= 0.6 is 24.0 Å². The first-order valence-electron chi connectivity index (χ1n) is 7.19. The Hall–Kier alpha value is -0.910. The molecule has 1 aromatic carbocycles. The number of guanidine groups is 1. The number of nitrogens with zero attached hydrogens (tertiary/aromatic N) is 1. The van der Waals surface area contributed by atoms with Crippen LogP contribution in [0, 0.1) is 0 Å². The summed E-state index contributed by atoms with van der Waals surface area (Å²) in [7, 11) is -3.65. The SMILES string of the molecule is CCNC(=NCc1ccc(S(N)(=O)=O)cc1)NCCOCC.I. The van der Waals surface area contributed by atoms with Crippen LogP contribution < -0.4 is 15.8 Å². The zero-order valence-corrected chi connectivity index (χ0v) is 16.6. The van der Waals surface area contributed by atoms with Crippen molar-refractivity contribution in [2.24, 2.45) is 10.1 Å². The lowest BCUT2D eigenvalue weighted by Crippen LogP contribution is -2.39. The van der Waals surface area contributed by atoms with E-state index in [0.29, 0.717) is 32.3 Å². The largest absolute Gasteiger partial charge is 0.380 e. The van der Waals surface area contributed by atoms with Crippen molar-refractivity contribution in [2.45, 2.75) is 25.3 Å². The number of hydrogen-bond acceptors (Lipinski definition) is 4. The first-order valence-corrected chi connectivity index (χ1v) is 8.73. The van der Waals surface area contributed by atoms with Crippen LogP contribution in [0.2, 0.25) is 0 Å². The van der Waals surface area contributed by atoms with Gasteiger partial charge in [0.15, 0.2) is 5.96 Å². The summed E-state index contributed by atoms with van der Waals surface area (Å²) in [6, 6.07) is 6.37. The second-order valence-corrected chi connectivity index (χ2v) is 6.07. The molecular formula is C14H25IN4O3S.